The summed E-state index contributed by atoms with van der Waals surface area (Å²) in [6, 6.07) is 13.0. The number of ether oxygens (including phenoxy) is 1. The van der Waals surface area contributed by atoms with Crippen LogP contribution in [0.5, 0.6) is 5.75 Å². The SMILES string of the molecule is C=CC(=O)N(CC(=O)NC(C[C@@H]1COc2ccccc21)B(O)O)c1ccccc1F. The first-order chi connectivity index (χ1) is 14.4. The van der Waals surface area contributed by atoms with E-state index in [9.17, 15) is 24.0 Å². The summed E-state index contributed by atoms with van der Waals surface area (Å²) in [5.74, 6) is -2.40. The van der Waals surface area contributed by atoms with Gasteiger partial charge in [-0.25, -0.2) is 4.39 Å². The van der Waals surface area contributed by atoms with Crippen molar-refractivity contribution in [2.45, 2.75) is 18.3 Å². The highest BCUT2D eigenvalue weighted by Gasteiger charge is 2.33. The molecule has 0 fully saturated rings. The molecule has 1 unspecified atom stereocenters. The van der Waals surface area contributed by atoms with Gasteiger partial charge >= 0.3 is 7.12 Å². The van der Waals surface area contributed by atoms with Gasteiger partial charge in [0.2, 0.25) is 5.91 Å². The fourth-order valence-electron chi connectivity index (χ4n) is 3.44. The van der Waals surface area contributed by atoms with Crippen molar-refractivity contribution in [3.63, 3.8) is 0 Å². The second-order valence-corrected chi connectivity index (χ2v) is 6.95. The third-order valence-corrected chi connectivity index (χ3v) is 4.93. The van der Waals surface area contributed by atoms with Gasteiger partial charge in [-0.15, -0.1) is 0 Å². The summed E-state index contributed by atoms with van der Waals surface area (Å²) in [7, 11) is -1.82. The van der Waals surface area contributed by atoms with E-state index in [4.69, 9.17) is 4.74 Å². The Hall–Kier alpha value is -3.17. The molecule has 0 spiro atoms. The van der Waals surface area contributed by atoms with Crippen molar-refractivity contribution < 1.29 is 28.8 Å². The number of halogens is 1. The highest BCUT2D eigenvalue weighted by Crippen LogP contribution is 2.36. The van der Waals surface area contributed by atoms with Crippen molar-refractivity contribution in [1.29, 1.82) is 0 Å². The van der Waals surface area contributed by atoms with Gasteiger partial charge < -0.3 is 20.1 Å². The van der Waals surface area contributed by atoms with Crippen LogP contribution in [-0.4, -0.2) is 48.1 Å². The van der Waals surface area contributed by atoms with Crippen LogP contribution in [0.3, 0.4) is 0 Å². The van der Waals surface area contributed by atoms with E-state index in [0.717, 1.165) is 22.3 Å². The zero-order valence-corrected chi connectivity index (χ0v) is 16.2. The predicted molar refractivity (Wildman–Crippen MR) is 110 cm³/mol. The molecule has 0 aromatic heterocycles. The lowest BCUT2D eigenvalue weighted by atomic mass is 9.73. The van der Waals surface area contributed by atoms with Crippen molar-refractivity contribution in [2.75, 3.05) is 18.1 Å². The summed E-state index contributed by atoms with van der Waals surface area (Å²) in [5, 5.41) is 22.1. The smallest absolute Gasteiger partial charge is 0.475 e. The van der Waals surface area contributed by atoms with Crippen molar-refractivity contribution in [3.05, 3.63) is 72.6 Å². The number of nitrogens with zero attached hydrogens (tertiary/aromatic N) is 1. The molecule has 0 radical (unpaired) electrons. The zero-order valence-electron chi connectivity index (χ0n) is 16.2. The number of para-hydroxylation sites is 2. The molecule has 0 aliphatic carbocycles. The second kappa shape index (κ2) is 9.56. The number of carbonyl (C=O) groups excluding carboxylic acids is 2. The van der Waals surface area contributed by atoms with Crippen molar-refractivity contribution in [2.24, 2.45) is 0 Å². The first-order valence-electron chi connectivity index (χ1n) is 9.46. The third-order valence-electron chi connectivity index (χ3n) is 4.93. The average molecular weight is 412 g/mol. The monoisotopic (exact) mass is 412 g/mol. The molecule has 2 atom stereocenters. The van der Waals surface area contributed by atoms with E-state index in [1.54, 1.807) is 0 Å². The maximum Gasteiger partial charge on any atom is 0.475 e. The first-order valence-corrected chi connectivity index (χ1v) is 9.46. The molecule has 1 aliphatic rings. The summed E-state index contributed by atoms with van der Waals surface area (Å²) < 4.78 is 19.7. The van der Waals surface area contributed by atoms with Crippen LogP contribution in [0.2, 0.25) is 0 Å². The number of benzene rings is 2. The lowest BCUT2D eigenvalue weighted by molar-refractivity contribution is -0.122. The Bertz CT molecular complexity index is 939. The summed E-state index contributed by atoms with van der Waals surface area (Å²) in [5.41, 5.74) is 0.851. The Labute approximate surface area is 173 Å². The fraction of sp³-hybridized carbons (Fsp3) is 0.238. The molecular formula is C21H22BFN2O5. The highest BCUT2D eigenvalue weighted by atomic mass is 19.1. The molecule has 156 valence electrons. The van der Waals surface area contributed by atoms with Gasteiger partial charge in [0.25, 0.3) is 5.91 Å². The van der Waals surface area contributed by atoms with Crippen molar-refractivity contribution in [1.82, 2.24) is 5.32 Å². The molecule has 1 heterocycles. The molecular weight excluding hydrogens is 390 g/mol. The summed E-state index contributed by atoms with van der Waals surface area (Å²) in [6.07, 6.45) is 1.19. The van der Waals surface area contributed by atoms with E-state index in [-0.39, 0.29) is 18.0 Å². The number of anilines is 1. The molecule has 7 nitrogen and oxygen atoms in total. The van der Waals surface area contributed by atoms with Gasteiger partial charge in [-0.1, -0.05) is 36.9 Å². The van der Waals surface area contributed by atoms with Gasteiger partial charge in [0.1, 0.15) is 18.1 Å². The van der Waals surface area contributed by atoms with Gasteiger partial charge in [-0.05, 0) is 30.7 Å². The molecule has 2 amide bonds. The maximum atomic E-state index is 14.1. The zero-order chi connectivity index (χ0) is 21.7. The second-order valence-electron chi connectivity index (χ2n) is 6.95. The standard InChI is InChI=1S/C21H22BFN2O5/c1-2-21(27)25(17-9-5-4-8-16(17)23)12-20(26)24-19(22(28)29)11-14-13-30-18-10-6-3-7-15(14)18/h2-10,14,19,28-29H,1,11-13H2,(H,24,26)/t14-,19?/m1/s1. The normalized spacial score (nSPS) is 15.5. The minimum Gasteiger partial charge on any atom is -0.493 e. The van der Waals surface area contributed by atoms with Crippen LogP contribution in [0.25, 0.3) is 0 Å². The summed E-state index contributed by atoms with van der Waals surface area (Å²) in [6.45, 7) is 3.23. The molecule has 2 aromatic carbocycles. The Morgan fingerprint density at radius 3 is 2.67 bits per heavy atom. The third kappa shape index (κ3) is 4.87. The topological polar surface area (TPSA) is 99.1 Å². The molecule has 9 heteroatoms. The van der Waals surface area contributed by atoms with Crippen LogP contribution in [0, 0.1) is 5.82 Å². The molecule has 0 saturated carbocycles. The van der Waals surface area contributed by atoms with Crippen LogP contribution in [-0.2, 0) is 9.59 Å². The van der Waals surface area contributed by atoms with E-state index in [2.05, 4.69) is 11.9 Å². The molecule has 3 rings (SSSR count). The van der Waals surface area contributed by atoms with Gasteiger partial charge in [-0.3, -0.25) is 14.5 Å². The van der Waals surface area contributed by atoms with Gasteiger partial charge in [0.15, 0.2) is 0 Å². The van der Waals surface area contributed by atoms with Gasteiger partial charge in [0, 0.05) is 11.5 Å². The number of rotatable bonds is 8. The number of hydrogen-bond acceptors (Lipinski definition) is 5. The lowest BCUT2D eigenvalue weighted by Crippen LogP contribution is -2.51. The van der Waals surface area contributed by atoms with E-state index >= 15 is 0 Å². The minimum atomic E-state index is -1.82. The molecule has 0 saturated heterocycles. The molecule has 0 bridgehead atoms. The van der Waals surface area contributed by atoms with E-state index < -0.39 is 37.2 Å². The number of fused-ring (bicyclic) bond motifs is 1. The Kier molecular flexibility index (Phi) is 6.86. The molecule has 2 aromatic rings. The highest BCUT2D eigenvalue weighted by molar-refractivity contribution is 6.43. The quantitative estimate of drug-likeness (QED) is 0.450. The number of carbonyl (C=O) groups is 2. The minimum absolute atomic E-state index is 0.0724. The maximum absolute atomic E-state index is 14.1. The van der Waals surface area contributed by atoms with E-state index in [1.165, 1.54) is 24.3 Å². The Morgan fingerprint density at radius 1 is 1.27 bits per heavy atom. The van der Waals surface area contributed by atoms with Crippen LogP contribution in [0.1, 0.15) is 17.9 Å². The average Bonchev–Trinajstić information content (AvgIpc) is 3.14. The Morgan fingerprint density at radius 2 is 1.97 bits per heavy atom. The van der Waals surface area contributed by atoms with Gasteiger partial charge in [-0.2, -0.15) is 0 Å². The van der Waals surface area contributed by atoms with Crippen LogP contribution >= 0.6 is 0 Å². The van der Waals surface area contributed by atoms with Crippen LogP contribution in [0.15, 0.2) is 61.2 Å². The summed E-state index contributed by atoms with van der Waals surface area (Å²) in [4.78, 5) is 25.7. The molecule has 3 N–H and O–H groups in total. The van der Waals surface area contributed by atoms with Gasteiger partial charge in [0.05, 0.1) is 18.2 Å². The first kappa shape index (κ1) is 21.5. The fourth-order valence-corrected chi connectivity index (χ4v) is 3.44. The Balaban J connectivity index is 1.71. The largest absolute Gasteiger partial charge is 0.493 e. The van der Waals surface area contributed by atoms with E-state index in [0.29, 0.717) is 6.61 Å². The van der Waals surface area contributed by atoms with E-state index in [1.807, 2.05) is 24.3 Å². The number of hydrogen-bond donors (Lipinski definition) is 3. The number of amides is 2. The number of nitrogens with one attached hydrogen (secondary N) is 1. The van der Waals surface area contributed by atoms with Crippen LogP contribution in [0.4, 0.5) is 10.1 Å². The predicted octanol–water partition coefficient (Wildman–Crippen LogP) is 1.41. The van der Waals surface area contributed by atoms with Crippen molar-refractivity contribution in [3.8, 4) is 5.75 Å². The molecule has 1 aliphatic heterocycles. The van der Waals surface area contributed by atoms with Crippen molar-refractivity contribution >= 4 is 24.6 Å². The van der Waals surface area contributed by atoms with Crippen LogP contribution < -0.4 is 15.0 Å². The lowest BCUT2D eigenvalue weighted by Gasteiger charge is -2.24. The molecule has 30 heavy (non-hydrogen) atoms. The summed E-state index contributed by atoms with van der Waals surface area (Å²) >= 11 is 0.